The Kier molecular flexibility index (Phi) is 8.43. The van der Waals surface area contributed by atoms with E-state index < -0.39 is 6.04 Å². The largest absolute Gasteiger partial charge is 0.465 e. The van der Waals surface area contributed by atoms with Gasteiger partial charge in [0.2, 0.25) is 0 Å². The van der Waals surface area contributed by atoms with Crippen LogP contribution in [0, 0.1) is 4.91 Å². The summed E-state index contributed by atoms with van der Waals surface area (Å²) in [5, 5.41) is 6.44. The Bertz CT molecular complexity index is 533. The Morgan fingerprint density at radius 1 is 1.30 bits per heavy atom. The number of carbonyl (C=O) groups is 2. The average molecular weight is 341 g/mol. The molecule has 1 saturated heterocycles. The van der Waals surface area contributed by atoms with Gasteiger partial charge in [0.05, 0.1) is 6.61 Å². The van der Waals surface area contributed by atoms with Crippen molar-refractivity contribution in [1.82, 2.24) is 5.32 Å². The average Bonchev–Trinajstić information content (AvgIpc) is 2.56. The first-order valence-corrected chi connectivity index (χ1v) is 7.91. The third-order valence-electron chi connectivity index (χ3n) is 3.34. The Labute approximate surface area is 140 Å². The Morgan fingerprint density at radius 3 is 2.48 bits per heavy atom. The van der Waals surface area contributed by atoms with Crippen molar-refractivity contribution in [1.29, 1.82) is 0 Å². The monoisotopic (exact) mass is 340 g/mol. The molecule has 0 aliphatic carbocycles. The summed E-state index contributed by atoms with van der Waals surface area (Å²) in [5.74, 6) is -0.160. The molecule has 6 nitrogen and oxygen atoms in total. The van der Waals surface area contributed by atoms with Gasteiger partial charge in [0, 0.05) is 23.9 Å². The first kappa shape index (κ1) is 19.3. The molecule has 0 radical (unpaired) electrons. The Balaban J connectivity index is 0.000000253. The predicted molar refractivity (Wildman–Crippen MR) is 88.8 cm³/mol. The van der Waals surface area contributed by atoms with Crippen molar-refractivity contribution in [3.8, 4) is 0 Å². The number of nitrogens with zero attached hydrogens (tertiary/aromatic N) is 1. The SMILES string of the molecule is CCOC(=O)C1CC(=O)CC(CC)N1.O=Nc1ccc(Cl)cc1. The molecule has 1 N–H and O–H groups in total. The van der Waals surface area contributed by atoms with Crippen LogP contribution in [0.1, 0.15) is 33.1 Å². The highest BCUT2D eigenvalue weighted by Crippen LogP contribution is 2.15. The van der Waals surface area contributed by atoms with Gasteiger partial charge in [0.15, 0.2) is 0 Å². The van der Waals surface area contributed by atoms with Crippen LogP contribution in [0.5, 0.6) is 0 Å². The van der Waals surface area contributed by atoms with E-state index >= 15 is 0 Å². The lowest BCUT2D eigenvalue weighted by atomic mass is 9.96. The summed E-state index contributed by atoms with van der Waals surface area (Å²) in [5.41, 5.74) is 0.402. The number of nitroso groups, excluding NO2 is 1. The van der Waals surface area contributed by atoms with E-state index in [0.717, 1.165) is 6.42 Å². The van der Waals surface area contributed by atoms with Crippen LogP contribution in [0.15, 0.2) is 29.4 Å². The van der Waals surface area contributed by atoms with Crippen molar-refractivity contribution in [3.63, 3.8) is 0 Å². The van der Waals surface area contributed by atoms with E-state index in [0.29, 0.717) is 23.7 Å². The molecule has 0 bridgehead atoms. The van der Waals surface area contributed by atoms with Gasteiger partial charge in [-0.25, -0.2) is 0 Å². The summed E-state index contributed by atoms with van der Waals surface area (Å²) < 4.78 is 4.87. The second-order valence-electron chi connectivity index (χ2n) is 5.09. The third-order valence-corrected chi connectivity index (χ3v) is 3.59. The van der Waals surface area contributed by atoms with Gasteiger partial charge in [0.1, 0.15) is 17.5 Å². The topological polar surface area (TPSA) is 84.8 Å². The summed E-state index contributed by atoms with van der Waals surface area (Å²) in [6.45, 7) is 4.13. The molecular weight excluding hydrogens is 320 g/mol. The first-order valence-electron chi connectivity index (χ1n) is 7.53. The summed E-state index contributed by atoms with van der Waals surface area (Å²) in [6.07, 6.45) is 1.67. The number of nitrogens with one attached hydrogen (secondary N) is 1. The molecule has 1 aromatic rings. The molecule has 1 fully saturated rings. The number of benzene rings is 1. The number of ketones is 1. The molecule has 2 atom stereocenters. The number of Topliss-reactive ketones (excluding diaryl/α,β-unsaturated/α-hetero) is 1. The van der Waals surface area contributed by atoms with Crippen molar-refractivity contribution < 1.29 is 14.3 Å². The van der Waals surface area contributed by atoms with Gasteiger partial charge in [0.25, 0.3) is 0 Å². The van der Waals surface area contributed by atoms with E-state index in [1.165, 1.54) is 0 Å². The molecule has 2 rings (SSSR count). The van der Waals surface area contributed by atoms with Crippen LogP contribution in [-0.2, 0) is 14.3 Å². The van der Waals surface area contributed by atoms with Crippen LogP contribution >= 0.6 is 11.6 Å². The molecular formula is C16H21ClN2O4. The number of hydrogen-bond acceptors (Lipinski definition) is 6. The van der Waals surface area contributed by atoms with E-state index in [-0.39, 0.29) is 24.2 Å². The number of esters is 1. The number of piperidine rings is 1. The smallest absolute Gasteiger partial charge is 0.323 e. The predicted octanol–water partition coefficient (Wildman–Crippen LogP) is 3.39. The van der Waals surface area contributed by atoms with Crippen molar-refractivity contribution in [3.05, 3.63) is 34.2 Å². The van der Waals surface area contributed by atoms with Crippen molar-refractivity contribution in [2.45, 2.75) is 45.2 Å². The molecule has 1 heterocycles. The van der Waals surface area contributed by atoms with Gasteiger partial charge >= 0.3 is 5.97 Å². The summed E-state index contributed by atoms with van der Waals surface area (Å²) in [6, 6.07) is 6.08. The van der Waals surface area contributed by atoms with Crippen LogP contribution in [0.25, 0.3) is 0 Å². The van der Waals surface area contributed by atoms with Crippen LogP contribution < -0.4 is 5.32 Å². The van der Waals surface area contributed by atoms with Gasteiger partial charge in [-0.05, 0) is 42.8 Å². The second kappa shape index (κ2) is 10.1. The lowest BCUT2D eigenvalue weighted by Gasteiger charge is -2.27. The van der Waals surface area contributed by atoms with E-state index in [1.807, 2.05) is 6.92 Å². The van der Waals surface area contributed by atoms with Gasteiger partial charge in [-0.2, -0.15) is 0 Å². The Morgan fingerprint density at radius 2 is 1.96 bits per heavy atom. The minimum Gasteiger partial charge on any atom is -0.465 e. The highest BCUT2D eigenvalue weighted by molar-refractivity contribution is 6.30. The van der Waals surface area contributed by atoms with Crippen LogP contribution in [0.2, 0.25) is 5.02 Å². The normalized spacial score (nSPS) is 20.2. The molecule has 1 aromatic carbocycles. The lowest BCUT2D eigenvalue weighted by Crippen LogP contribution is -2.50. The van der Waals surface area contributed by atoms with Crippen molar-refractivity contribution in [2.75, 3.05) is 6.61 Å². The summed E-state index contributed by atoms with van der Waals surface area (Å²) >= 11 is 5.52. The van der Waals surface area contributed by atoms with E-state index in [4.69, 9.17) is 16.3 Å². The number of ether oxygens (including phenoxy) is 1. The van der Waals surface area contributed by atoms with Crippen LogP contribution in [0.4, 0.5) is 5.69 Å². The zero-order valence-electron chi connectivity index (χ0n) is 13.3. The molecule has 0 amide bonds. The summed E-state index contributed by atoms with van der Waals surface area (Å²) in [7, 11) is 0. The fourth-order valence-corrected chi connectivity index (χ4v) is 2.27. The molecule has 7 heteroatoms. The molecule has 23 heavy (non-hydrogen) atoms. The standard InChI is InChI=1S/C10H17NO3.C6H4ClNO/c1-3-7-5-8(12)6-9(11-7)10(13)14-4-2;7-5-1-3-6(8-9)4-2-5/h7,9,11H,3-6H2,1-2H3;1-4H. The minimum absolute atomic E-state index is 0.130. The van der Waals surface area contributed by atoms with Gasteiger partial charge in [-0.15, -0.1) is 4.91 Å². The minimum atomic E-state index is -0.429. The fraction of sp³-hybridized carbons (Fsp3) is 0.500. The van der Waals surface area contributed by atoms with Gasteiger partial charge < -0.3 is 10.1 Å². The third kappa shape index (κ3) is 6.88. The highest BCUT2D eigenvalue weighted by atomic mass is 35.5. The van der Waals surface area contributed by atoms with Crippen LogP contribution in [0.3, 0.4) is 0 Å². The van der Waals surface area contributed by atoms with E-state index in [1.54, 1.807) is 31.2 Å². The maximum atomic E-state index is 11.4. The quantitative estimate of drug-likeness (QED) is 0.670. The number of halogens is 1. The van der Waals surface area contributed by atoms with Crippen molar-refractivity contribution >= 4 is 29.0 Å². The highest BCUT2D eigenvalue weighted by Gasteiger charge is 2.30. The summed E-state index contributed by atoms with van der Waals surface area (Å²) in [4.78, 5) is 32.5. The van der Waals surface area contributed by atoms with Gasteiger partial charge in [-0.1, -0.05) is 18.5 Å². The number of carbonyl (C=O) groups excluding carboxylic acids is 2. The maximum Gasteiger partial charge on any atom is 0.323 e. The van der Waals surface area contributed by atoms with Crippen LogP contribution in [-0.4, -0.2) is 30.4 Å². The van der Waals surface area contributed by atoms with E-state index in [2.05, 4.69) is 10.5 Å². The molecule has 1 aliphatic rings. The van der Waals surface area contributed by atoms with Crippen molar-refractivity contribution in [2.24, 2.45) is 5.18 Å². The zero-order chi connectivity index (χ0) is 17.2. The molecule has 0 saturated carbocycles. The first-order chi connectivity index (χ1) is 11.0. The molecule has 2 unspecified atom stereocenters. The molecule has 0 spiro atoms. The van der Waals surface area contributed by atoms with E-state index in [9.17, 15) is 14.5 Å². The van der Waals surface area contributed by atoms with Gasteiger partial charge in [-0.3, -0.25) is 9.59 Å². The lowest BCUT2D eigenvalue weighted by molar-refractivity contribution is -0.148. The second-order valence-corrected chi connectivity index (χ2v) is 5.53. The molecule has 1 aliphatic heterocycles. The number of rotatable bonds is 4. The Hall–Kier alpha value is -1.79. The zero-order valence-corrected chi connectivity index (χ0v) is 14.0. The molecule has 126 valence electrons. The molecule has 0 aromatic heterocycles. The number of hydrogen-bond donors (Lipinski definition) is 1. The maximum absolute atomic E-state index is 11.4. The fourth-order valence-electron chi connectivity index (χ4n) is 2.15.